The van der Waals surface area contributed by atoms with Gasteiger partial charge in [-0.1, -0.05) is 18.9 Å². The molecule has 1 aliphatic carbocycles. The van der Waals surface area contributed by atoms with Gasteiger partial charge in [0.15, 0.2) is 5.69 Å². The average Bonchev–Trinajstić information content (AvgIpc) is 3.49. The third kappa shape index (κ3) is 3.62. The zero-order valence-corrected chi connectivity index (χ0v) is 18.0. The van der Waals surface area contributed by atoms with Gasteiger partial charge in [0.2, 0.25) is 5.91 Å². The number of hydrogen-bond acceptors (Lipinski definition) is 6. The number of rotatable bonds is 6. The SMILES string of the molecule is COC(=O)c1ncn2c1C(=O)N(CCc1cccs1)C(C)(C(=O)NC1CCCC1)C2. The number of fused-ring (bicyclic) bond motifs is 1. The molecule has 1 fully saturated rings. The number of esters is 1. The maximum Gasteiger partial charge on any atom is 0.359 e. The molecule has 160 valence electrons. The Balaban J connectivity index is 1.67. The number of aromatic nitrogens is 2. The molecule has 0 radical (unpaired) electrons. The maximum absolute atomic E-state index is 13.5. The lowest BCUT2D eigenvalue weighted by Crippen LogP contribution is -2.65. The molecule has 0 aromatic carbocycles. The van der Waals surface area contributed by atoms with E-state index in [1.165, 1.54) is 13.4 Å². The van der Waals surface area contributed by atoms with E-state index >= 15 is 0 Å². The topological polar surface area (TPSA) is 93.5 Å². The molecule has 2 amide bonds. The van der Waals surface area contributed by atoms with Crippen molar-refractivity contribution in [2.45, 2.75) is 57.2 Å². The number of amides is 2. The Morgan fingerprint density at radius 3 is 2.80 bits per heavy atom. The second kappa shape index (κ2) is 8.22. The first kappa shape index (κ1) is 20.6. The molecule has 4 rings (SSSR count). The highest BCUT2D eigenvalue weighted by molar-refractivity contribution is 7.09. The van der Waals surface area contributed by atoms with E-state index in [1.54, 1.807) is 27.7 Å². The minimum atomic E-state index is -1.07. The Bertz CT molecular complexity index is 948. The molecular formula is C21H26N4O4S. The van der Waals surface area contributed by atoms with Crippen LogP contribution in [0.25, 0.3) is 0 Å². The number of thiophene rings is 1. The van der Waals surface area contributed by atoms with Crippen LogP contribution in [-0.4, -0.2) is 57.5 Å². The van der Waals surface area contributed by atoms with Crippen LogP contribution < -0.4 is 5.32 Å². The molecule has 0 bridgehead atoms. The average molecular weight is 431 g/mol. The molecule has 30 heavy (non-hydrogen) atoms. The van der Waals surface area contributed by atoms with Crippen LogP contribution in [0.2, 0.25) is 0 Å². The summed E-state index contributed by atoms with van der Waals surface area (Å²) in [5.74, 6) is -1.19. The Hall–Kier alpha value is -2.68. The molecule has 1 aliphatic heterocycles. The van der Waals surface area contributed by atoms with Crippen LogP contribution in [-0.2, 0) is 22.5 Å². The van der Waals surface area contributed by atoms with Gasteiger partial charge in [0, 0.05) is 17.5 Å². The number of imidazole rings is 1. The second-order valence-corrected chi connectivity index (χ2v) is 9.11. The van der Waals surface area contributed by atoms with Crippen LogP contribution in [0.4, 0.5) is 0 Å². The first-order valence-electron chi connectivity index (χ1n) is 10.2. The summed E-state index contributed by atoms with van der Waals surface area (Å²) in [4.78, 5) is 45.8. The first-order chi connectivity index (χ1) is 14.4. The largest absolute Gasteiger partial charge is 0.464 e. The van der Waals surface area contributed by atoms with Crippen molar-refractivity contribution in [3.05, 3.63) is 40.1 Å². The number of nitrogens with zero attached hydrogens (tertiary/aromatic N) is 3. The fourth-order valence-electron chi connectivity index (χ4n) is 4.37. The summed E-state index contributed by atoms with van der Waals surface area (Å²) in [7, 11) is 1.26. The molecule has 9 heteroatoms. The van der Waals surface area contributed by atoms with E-state index in [-0.39, 0.29) is 35.8 Å². The van der Waals surface area contributed by atoms with Crippen molar-refractivity contribution in [2.24, 2.45) is 0 Å². The lowest BCUT2D eigenvalue weighted by atomic mass is 9.93. The zero-order valence-electron chi connectivity index (χ0n) is 17.2. The number of methoxy groups -OCH3 is 1. The molecule has 0 spiro atoms. The lowest BCUT2D eigenvalue weighted by Gasteiger charge is -2.44. The number of nitrogens with one attached hydrogen (secondary N) is 1. The first-order valence-corrected chi connectivity index (χ1v) is 11.1. The van der Waals surface area contributed by atoms with Crippen LogP contribution in [0, 0.1) is 0 Å². The summed E-state index contributed by atoms with van der Waals surface area (Å²) < 4.78 is 6.39. The van der Waals surface area contributed by atoms with E-state index in [0.29, 0.717) is 13.0 Å². The quantitative estimate of drug-likeness (QED) is 0.710. The van der Waals surface area contributed by atoms with Crippen molar-refractivity contribution in [2.75, 3.05) is 13.7 Å². The Kier molecular flexibility index (Phi) is 5.64. The van der Waals surface area contributed by atoms with Gasteiger partial charge in [-0.3, -0.25) is 9.59 Å². The Morgan fingerprint density at radius 1 is 1.37 bits per heavy atom. The molecule has 1 unspecified atom stereocenters. The van der Waals surface area contributed by atoms with E-state index in [2.05, 4.69) is 10.3 Å². The van der Waals surface area contributed by atoms with Gasteiger partial charge in [0.05, 0.1) is 20.0 Å². The van der Waals surface area contributed by atoms with Crippen LogP contribution in [0.15, 0.2) is 23.8 Å². The van der Waals surface area contributed by atoms with Gasteiger partial charge in [-0.05, 0) is 37.6 Å². The van der Waals surface area contributed by atoms with Gasteiger partial charge in [-0.25, -0.2) is 9.78 Å². The van der Waals surface area contributed by atoms with Gasteiger partial charge in [-0.2, -0.15) is 0 Å². The van der Waals surface area contributed by atoms with Gasteiger partial charge >= 0.3 is 5.97 Å². The van der Waals surface area contributed by atoms with Gasteiger partial charge in [-0.15, -0.1) is 11.3 Å². The van der Waals surface area contributed by atoms with E-state index in [0.717, 1.165) is 30.6 Å². The minimum absolute atomic E-state index is 0.0122. The number of carbonyl (C=O) groups is 3. The standard InChI is InChI=1S/C21H26N4O4S/c1-21(20(28)23-14-6-3-4-7-14)12-24-13-22-16(19(27)29-2)17(24)18(26)25(21)10-9-15-8-5-11-30-15/h5,8,11,13-14H,3-4,6-7,9-10,12H2,1-2H3,(H,23,28). The van der Waals surface area contributed by atoms with Crippen LogP contribution in [0.1, 0.15) is 58.5 Å². The summed E-state index contributed by atoms with van der Waals surface area (Å²) in [6, 6.07) is 4.13. The monoisotopic (exact) mass is 430 g/mol. The van der Waals surface area contributed by atoms with E-state index in [9.17, 15) is 14.4 Å². The van der Waals surface area contributed by atoms with E-state index < -0.39 is 11.5 Å². The second-order valence-electron chi connectivity index (χ2n) is 8.08. The highest BCUT2D eigenvalue weighted by Crippen LogP contribution is 2.30. The van der Waals surface area contributed by atoms with Gasteiger partial charge < -0.3 is 19.5 Å². The number of ether oxygens (including phenoxy) is 1. The van der Waals surface area contributed by atoms with Crippen LogP contribution in [0.5, 0.6) is 0 Å². The van der Waals surface area contributed by atoms with Gasteiger partial charge in [0.25, 0.3) is 5.91 Å². The molecule has 2 aliphatic rings. The van der Waals surface area contributed by atoms with E-state index in [1.807, 2.05) is 17.5 Å². The zero-order chi connectivity index (χ0) is 21.3. The fourth-order valence-corrected chi connectivity index (χ4v) is 5.07. The molecule has 8 nitrogen and oxygen atoms in total. The van der Waals surface area contributed by atoms with Crippen molar-refractivity contribution in [1.82, 2.24) is 19.8 Å². The lowest BCUT2D eigenvalue weighted by molar-refractivity contribution is -0.133. The molecule has 3 heterocycles. The Labute approximate surface area is 179 Å². The maximum atomic E-state index is 13.5. The predicted octanol–water partition coefficient (Wildman–Crippen LogP) is 2.25. The smallest absolute Gasteiger partial charge is 0.359 e. The third-order valence-electron chi connectivity index (χ3n) is 6.08. The summed E-state index contributed by atoms with van der Waals surface area (Å²) in [6.45, 7) is 2.41. The van der Waals surface area contributed by atoms with Crippen molar-refractivity contribution in [1.29, 1.82) is 0 Å². The molecule has 2 aromatic heterocycles. The summed E-state index contributed by atoms with van der Waals surface area (Å²) in [5.41, 5.74) is -0.904. The van der Waals surface area contributed by atoms with Crippen molar-refractivity contribution in [3.63, 3.8) is 0 Å². The van der Waals surface area contributed by atoms with Crippen LogP contribution >= 0.6 is 11.3 Å². The molecule has 1 atom stereocenters. The number of hydrogen-bond donors (Lipinski definition) is 1. The highest BCUT2D eigenvalue weighted by atomic mass is 32.1. The Morgan fingerprint density at radius 2 is 2.13 bits per heavy atom. The molecular weight excluding hydrogens is 404 g/mol. The van der Waals surface area contributed by atoms with Crippen molar-refractivity contribution in [3.8, 4) is 0 Å². The molecule has 2 aromatic rings. The van der Waals surface area contributed by atoms with Crippen molar-refractivity contribution >= 4 is 29.1 Å². The highest BCUT2D eigenvalue weighted by Gasteiger charge is 2.49. The fraction of sp³-hybridized carbons (Fsp3) is 0.524. The predicted molar refractivity (Wildman–Crippen MR) is 111 cm³/mol. The normalized spacial score (nSPS) is 21.5. The van der Waals surface area contributed by atoms with E-state index in [4.69, 9.17) is 4.74 Å². The number of carbonyl (C=O) groups excluding carboxylic acids is 3. The van der Waals surface area contributed by atoms with Crippen molar-refractivity contribution < 1.29 is 19.1 Å². The summed E-state index contributed by atoms with van der Waals surface area (Å²) in [5, 5.41) is 5.14. The molecule has 1 saturated carbocycles. The summed E-state index contributed by atoms with van der Waals surface area (Å²) >= 11 is 1.62. The molecule has 1 N–H and O–H groups in total. The van der Waals surface area contributed by atoms with Gasteiger partial charge in [0.1, 0.15) is 11.2 Å². The minimum Gasteiger partial charge on any atom is -0.464 e. The third-order valence-corrected chi connectivity index (χ3v) is 7.02. The van der Waals surface area contributed by atoms with Crippen LogP contribution in [0.3, 0.4) is 0 Å². The summed E-state index contributed by atoms with van der Waals surface area (Å²) in [6.07, 6.45) is 6.23. The molecule has 0 saturated heterocycles.